The van der Waals surface area contributed by atoms with Gasteiger partial charge in [0.1, 0.15) is 0 Å². The van der Waals surface area contributed by atoms with Crippen molar-refractivity contribution in [2.75, 3.05) is 5.75 Å². The van der Waals surface area contributed by atoms with Gasteiger partial charge in [0.2, 0.25) is 0 Å². The second-order valence-electron chi connectivity index (χ2n) is 3.30. The van der Waals surface area contributed by atoms with Gasteiger partial charge in [0.15, 0.2) is 0 Å². The first-order chi connectivity index (χ1) is 5.29. The van der Waals surface area contributed by atoms with Crippen molar-refractivity contribution < 1.29 is 38.3 Å². The topological polar surface area (TPSA) is 40.1 Å². The summed E-state index contributed by atoms with van der Waals surface area (Å²) >= 11 is -1.82. The van der Waals surface area contributed by atoms with Gasteiger partial charge in [-0.15, -0.1) is 0 Å². The van der Waals surface area contributed by atoms with Crippen molar-refractivity contribution in [3.05, 3.63) is 0 Å². The Morgan fingerprint density at radius 2 is 1.83 bits per heavy atom. The molecule has 12 heavy (non-hydrogen) atoms. The monoisotopic (exact) mass is 198 g/mol. The maximum absolute atomic E-state index is 10.2. The fourth-order valence-corrected chi connectivity index (χ4v) is 2.26. The summed E-state index contributed by atoms with van der Waals surface area (Å²) in [5.74, 6) is 1.06. The van der Waals surface area contributed by atoms with Gasteiger partial charge in [0, 0.05) is 5.75 Å². The Hall–Kier alpha value is 1.11. The minimum Gasteiger partial charge on any atom is -0.772 e. The van der Waals surface area contributed by atoms with E-state index >= 15 is 0 Å². The Balaban J connectivity index is 0.00000121. The predicted octanol–water partition coefficient (Wildman–Crippen LogP) is -1.16. The summed E-state index contributed by atoms with van der Waals surface area (Å²) in [4.78, 5) is 0. The fraction of sp³-hybridized carbons (Fsp3) is 1.00. The number of hydrogen-bond donors (Lipinski definition) is 0. The molecule has 0 aromatic rings. The zero-order valence-electron chi connectivity index (χ0n) is 7.75. The summed E-state index contributed by atoms with van der Waals surface area (Å²) in [7, 11) is 0. The van der Waals surface area contributed by atoms with Crippen LogP contribution in [0.2, 0.25) is 0 Å². The molecule has 1 rings (SSSR count). The quantitative estimate of drug-likeness (QED) is 0.424. The molecule has 4 heteroatoms. The number of rotatable bonds is 3. The van der Waals surface area contributed by atoms with Gasteiger partial charge in [0.25, 0.3) is 0 Å². The molecule has 1 aliphatic rings. The fourth-order valence-electron chi connectivity index (χ4n) is 1.74. The van der Waals surface area contributed by atoms with E-state index in [-0.39, 0.29) is 29.6 Å². The van der Waals surface area contributed by atoms with Crippen molar-refractivity contribution in [2.24, 2.45) is 5.92 Å². The largest absolute Gasteiger partial charge is 1.00 e. The molecule has 1 saturated carbocycles. The van der Waals surface area contributed by atoms with Gasteiger partial charge in [0.05, 0.1) is 0 Å². The first-order valence-corrected chi connectivity index (χ1v) is 5.59. The van der Waals surface area contributed by atoms with E-state index in [4.69, 9.17) is 0 Å². The van der Waals surface area contributed by atoms with E-state index < -0.39 is 11.1 Å². The molecule has 1 aliphatic carbocycles. The van der Waals surface area contributed by atoms with E-state index in [1.165, 1.54) is 32.1 Å². The van der Waals surface area contributed by atoms with Gasteiger partial charge in [-0.25, -0.2) is 0 Å². The van der Waals surface area contributed by atoms with E-state index in [9.17, 15) is 8.76 Å². The van der Waals surface area contributed by atoms with Crippen molar-refractivity contribution in [3.8, 4) is 0 Å². The Labute approximate surface area is 99.1 Å². The SMILES string of the molecule is O=S([O-])CCC1CCCCC1.[Na+]. The smallest absolute Gasteiger partial charge is 0.772 e. The molecule has 0 N–H and O–H groups in total. The van der Waals surface area contributed by atoms with Crippen LogP contribution in [-0.2, 0) is 11.1 Å². The second kappa shape index (κ2) is 7.51. The standard InChI is InChI=1S/C8H16O2S.Na/c9-11(10)7-6-8-4-2-1-3-5-8;/h8H,1-7H2,(H,9,10);/q;+1/p-1. The zero-order valence-corrected chi connectivity index (χ0v) is 10.6. The molecule has 0 aliphatic heterocycles. The van der Waals surface area contributed by atoms with Gasteiger partial charge in [-0.1, -0.05) is 43.2 Å². The van der Waals surface area contributed by atoms with Crippen LogP contribution in [-0.4, -0.2) is 14.5 Å². The van der Waals surface area contributed by atoms with Gasteiger partial charge < -0.3 is 4.55 Å². The third-order valence-corrected chi connectivity index (χ3v) is 2.99. The molecule has 0 aromatic heterocycles. The molecule has 0 radical (unpaired) electrons. The molecule has 0 bridgehead atoms. The first kappa shape index (κ1) is 13.1. The van der Waals surface area contributed by atoms with Crippen LogP contribution in [0, 0.1) is 5.92 Å². The first-order valence-electron chi connectivity index (χ1n) is 4.35. The molecular weight excluding hydrogens is 183 g/mol. The van der Waals surface area contributed by atoms with E-state index in [1.54, 1.807) is 0 Å². The Morgan fingerprint density at radius 3 is 2.33 bits per heavy atom. The van der Waals surface area contributed by atoms with Crippen LogP contribution < -0.4 is 29.6 Å². The summed E-state index contributed by atoms with van der Waals surface area (Å²) in [5.41, 5.74) is 0. The molecule has 0 heterocycles. The Bertz CT molecular complexity index is 135. The van der Waals surface area contributed by atoms with E-state index in [1.807, 2.05) is 0 Å². The third kappa shape index (κ3) is 5.70. The zero-order chi connectivity index (χ0) is 8.10. The van der Waals surface area contributed by atoms with Crippen LogP contribution in [0.15, 0.2) is 0 Å². The van der Waals surface area contributed by atoms with E-state index in [0.717, 1.165) is 6.42 Å². The molecule has 1 atom stereocenters. The normalized spacial score (nSPS) is 21.4. The molecule has 0 amide bonds. The van der Waals surface area contributed by atoms with Gasteiger partial charge >= 0.3 is 29.6 Å². The molecule has 1 unspecified atom stereocenters. The van der Waals surface area contributed by atoms with Crippen LogP contribution >= 0.6 is 0 Å². The molecule has 0 saturated heterocycles. The summed E-state index contributed by atoms with van der Waals surface area (Å²) in [6.45, 7) is 0. The Morgan fingerprint density at radius 1 is 1.25 bits per heavy atom. The van der Waals surface area contributed by atoms with Crippen molar-refractivity contribution in [1.29, 1.82) is 0 Å². The van der Waals surface area contributed by atoms with Gasteiger partial charge in [-0.3, -0.25) is 4.21 Å². The van der Waals surface area contributed by atoms with Gasteiger partial charge in [-0.2, -0.15) is 0 Å². The minimum atomic E-state index is -1.82. The summed E-state index contributed by atoms with van der Waals surface area (Å²) in [6, 6.07) is 0. The maximum atomic E-state index is 10.2. The Kier molecular flexibility index (Phi) is 8.20. The van der Waals surface area contributed by atoms with Gasteiger partial charge in [-0.05, 0) is 12.3 Å². The molecule has 1 fully saturated rings. The average molecular weight is 198 g/mol. The molecule has 0 spiro atoms. The second-order valence-corrected chi connectivity index (χ2v) is 4.32. The third-order valence-electron chi connectivity index (χ3n) is 2.42. The van der Waals surface area contributed by atoms with Crippen molar-refractivity contribution in [2.45, 2.75) is 38.5 Å². The maximum Gasteiger partial charge on any atom is 1.00 e. The van der Waals surface area contributed by atoms with Crippen molar-refractivity contribution in [3.63, 3.8) is 0 Å². The van der Waals surface area contributed by atoms with Crippen LogP contribution in [0.3, 0.4) is 0 Å². The van der Waals surface area contributed by atoms with Crippen LogP contribution in [0.1, 0.15) is 38.5 Å². The average Bonchev–Trinajstić information content (AvgIpc) is 2.03. The number of hydrogen-bond acceptors (Lipinski definition) is 2. The summed E-state index contributed by atoms with van der Waals surface area (Å²) < 4.78 is 20.5. The minimum absolute atomic E-state index is 0. The van der Waals surface area contributed by atoms with E-state index in [0.29, 0.717) is 11.7 Å². The molecular formula is C8H15NaO2S. The van der Waals surface area contributed by atoms with E-state index in [2.05, 4.69) is 0 Å². The summed E-state index contributed by atoms with van der Waals surface area (Å²) in [5, 5.41) is 0. The van der Waals surface area contributed by atoms with Crippen LogP contribution in [0.4, 0.5) is 0 Å². The molecule has 2 nitrogen and oxygen atoms in total. The van der Waals surface area contributed by atoms with Crippen molar-refractivity contribution >= 4 is 11.1 Å². The van der Waals surface area contributed by atoms with Crippen molar-refractivity contribution in [1.82, 2.24) is 0 Å². The summed E-state index contributed by atoms with van der Waals surface area (Å²) in [6.07, 6.45) is 7.33. The molecule has 66 valence electrons. The van der Waals surface area contributed by atoms with Crippen LogP contribution in [0.5, 0.6) is 0 Å². The van der Waals surface area contributed by atoms with Crippen LogP contribution in [0.25, 0.3) is 0 Å². The molecule has 0 aromatic carbocycles. The predicted molar refractivity (Wildman–Crippen MR) is 45.0 cm³/mol.